The highest BCUT2D eigenvalue weighted by Crippen LogP contribution is 2.31. The quantitative estimate of drug-likeness (QED) is 0.864. The van der Waals surface area contributed by atoms with Crippen LogP contribution < -0.4 is 0 Å². The Morgan fingerprint density at radius 2 is 2.21 bits per heavy atom. The van der Waals surface area contributed by atoms with E-state index in [1.807, 2.05) is 0 Å². The molecule has 14 heavy (non-hydrogen) atoms. The number of carbonyl (C=O) groups is 1. The normalized spacial score (nSPS) is 10.7. The summed E-state index contributed by atoms with van der Waals surface area (Å²) in [6.45, 7) is 0. The van der Waals surface area contributed by atoms with Crippen molar-refractivity contribution < 1.29 is 14.3 Å². The molecule has 1 aromatic heterocycles. The first kappa shape index (κ1) is 9.61. The van der Waals surface area contributed by atoms with Crippen LogP contribution in [0.15, 0.2) is 22.0 Å². The minimum Gasteiger partial charge on any atom is -0.478 e. The predicted molar refractivity (Wildman–Crippen MR) is 56.4 cm³/mol. The van der Waals surface area contributed by atoms with Crippen LogP contribution in [0.2, 0.25) is 0 Å². The van der Waals surface area contributed by atoms with E-state index in [9.17, 15) is 9.18 Å². The summed E-state index contributed by atoms with van der Waals surface area (Å²) in [6, 6.07) is 2.93. The molecule has 0 saturated carbocycles. The Bertz CT molecular complexity index is 521. The molecule has 0 aliphatic rings. The molecule has 0 saturated heterocycles. The topological polar surface area (TPSA) is 37.3 Å². The fourth-order valence-corrected chi connectivity index (χ4v) is 2.59. The molecule has 0 fully saturated rings. The monoisotopic (exact) mass is 274 g/mol. The first-order valence-electron chi connectivity index (χ1n) is 3.69. The van der Waals surface area contributed by atoms with Crippen LogP contribution in [-0.4, -0.2) is 11.1 Å². The van der Waals surface area contributed by atoms with E-state index in [-0.39, 0.29) is 5.56 Å². The largest absolute Gasteiger partial charge is 0.478 e. The lowest BCUT2D eigenvalue weighted by Crippen LogP contribution is -1.93. The van der Waals surface area contributed by atoms with Crippen molar-refractivity contribution in [1.82, 2.24) is 0 Å². The van der Waals surface area contributed by atoms with Crippen LogP contribution in [0.1, 0.15) is 10.4 Å². The van der Waals surface area contributed by atoms with Gasteiger partial charge in [-0.05, 0) is 12.1 Å². The number of benzene rings is 1. The lowest BCUT2D eigenvalue weighted by atomic mass is 10.2. The molecule has 1 N–H and O–H groups in total. The van der Waals surface area contributed by atoms with Crippen molar-refractivity contribution >= 4 is 43.3 Å². The number of thiophene rings is 1. The maximum Gasteiger partial charge on any atom is 0.337 e. The molecule has 0 amide bonds. The number of carboxylic acids is 1. The SMILES string of the molecule is O=C(O)c1csc2c(F)cc(Br)cc12. The molecular weight excluding hydrogens is 271 g/mol. The Balaban J connectivity index is 2.85. The average Bonchev–Trinajstić information content (AvgIpc) is 2.47. The predicted octanol–water partition coefficient (Wildman–Crippen LogP) is 3.50. The van der Waals surface area contributed by atoms with E-state index >= 15 is 0 Å². The van der Waals surface area contributed by atoms with Gasteiger partial charge >= 0.3 is 5.97 Å². The Morgan fingerprint density at radius 3 is 2.86 bits per heavy atom. The molecule has 2 aromatic rings. The summed E-state index contributed by atoms with van der Waals surface area (Å²) in [7, 11) is 0. The van der Waals surface area contributed by atoms with Crippen molar-refractivity contribution in [2.45, 2.75) is 0 Å². The van der Waals surface area contributed by atoms with Crippen LogP contribution in [-0.2, 0) is 0 Å². The molecule has 0 bridgehead atoms. The molecule has 0 aliphatic heterocycles. The van der Waals surface area contributed by atoms with Gasteiger partial charge < -0.3 is 5.11 Å². The second kappa shape index (κ2) is 3.33. The molecule has 0 radical (unpaired) electrons. The first-order valence-corrected chi connectivity index (χ1v) is 5.36. The third-order valence-corrected chi connectivity index (χ3v) is 3.29. The van der Waals surface area contributed by atoms with E-state index < -0.39 is 11.8 Å². The Kier molecular flexibility index (Phi) is 2.28. The average molecular weight is 275 g/mol. The Labute approximate surface area is 91.1 Å². The lowest BCUT2D eigenvalue weighted by molar-refractivity contribution is 0.0699. The summed E-state index contributed by atoms with van der Waals surface area (Å²) in [6.07, 6.45) is 0. The zero-order chi connectivity index (χ0) is 10.3. The maximum absolute atomic E-state index is 13.3. The van der Waals surface area contributed by atoms with Gasteiger partial charge in [-0.3, -0.25) is 0 Å². The van der Waals surface area contributed by atoms with Gasteiger partial charge in [0.2, 0.25) is 0 Å². The fourth-order valence-electron chi connectivity index (χ4n) is 1.23. The molecule has 72 valence electrons. The minimum absolute atomic E-state index is 0.144. The highest BCUT2D eigenvalue weighted by molar-refractivity contribution is 9.10. The van der Waals surface area contributed by atoms with Gasteiger partial charge in [0.15, 0.2) is 0 Å². The zero-order valence-corrected chi connectivity index (χ0v) is 9.15. The second-order valence-electron chi connectivity index (χ2n) is 2.72. The van der Waals surface area contributed by atoms with Gasteiger partial charge in [-0.1, -0.05) is 15.9 Å². The van der Waals surface area contributed by atoms with Gasteiger partial charge in [-0.2, -0.15) is 0 Å². The number of hydrogen-bond acceptors (Lipinski definition) is 2. The summed E-state index contributed by atoms with van der Waals surface area (Å²) >= 11 is 4.22. The molecule has 0 aliphatic carbocycles. The molecule has 1 heterocycles. The van der Waals surface area contributed by atoms with Crippen molar-refractivity contribution in [3.63, 3.8) is 0 Å². The number of aromatic carboxylic acids is 1. The highest BCUT2D eigenvalue weighted by atomic mass is 79.9. The van der Waals surface area contributed by atoms with Crippen molar-refractivity contribution in [2.24, 2.45) is 0 Å². The number of carboxylic acid groups (broad SMARTS) is 1. The smallest absolute Gasteiger partial charge is 0.337 e. The third-order valence-electron chi connectivity index (χ3n) is 1.82. The Morgan fingerprint density at radius 1 is 1.50 bits per heavy atom. The number of fused-ring (bicyclic) bond motifs is 1. The second-order valence-corrected chi connectivity index (χ2v) is 4.51. The summed E-state index contributed by atoms with van der Waals surface area (Å²) in [4.78, 5) is 10.8. The van der Waals surface area contributed by atoms with E-state index in [2.05, 4.69) is 15.9 Å². The molecule has 0 spiro atoms. The third kappa shape index (κ3) is 1.42. The van der Waals surface area contributed by atoms with Gasteiger partial charge in [0.25, 0.3) is 0 Å². The van der Waals surface area contributed by atoms with E-state index in [0.717, 1.165) is 11.3 Å². The molecule has 2 nitrogen and oxygen atoms in total. The van der Waals surface area contributed by atoms with Crippen LogP contribution in [0.3, 0.4) is 0 Å². The van der Waals surface area contributed by atoms with Crippen LogP contribution in [0.25, 0.3) is 10.1 Å². The number of rotatable bonds is 1. The highest BCUT2D eigenvalue weighted by Gasteiger charge is 2.13. The molecule has 0 unspecified atom stereocenters. The van der Waals surface area contributed by atoms with Gasteiger partial charge in [-0.15, -0.1) is 11.3 Å². The molecule has 2 rings (SSSR count). The van der Waals surface area contributed by atoms with Gasteiger partial charge in [0.1, 0.15) is 5.82 Å². The summed E-state index contributed by atoms with van der Waals surface area (Å²) in [5.74, 6) is -1.43. The summed E-state index contributed by atoms with van der Waals surface area (Å²) in [5.41, 5.74) is 0.144. The summed E-state index contributed by atoms with van der Waals surface area (Å²) < 4.78 is 14.2. The standard InChI is InChI=1S/C9H4BrFO2S/c10-4-1-5-6(9(12)13)3-14-8(5)7(11)2-4/h1-3H,(H,12,13). The maximum atomic E-state index is 13.3. The van der Waals surface area contributed by atoms with E-state index in [4.69, 9.17) is 5.11 Å². The van der Waals surface area contributed by atoms with Crippen molar-refractivity contribution in [3.8, 4) is 0 Å². The number of hydrogen-bond donors (Lipinski definition) is 1. The zero-order valence-electron chi connectivity index (χ0n) is 6.75. The van der Waals surface area contributed by atoms with Gasteiger partial charge in [0.05, 0.1) is 10.3 Å². The van der Waals surface area contributed by atoms with E-state index in [0.29, 0.717) is 14.6 Å². The van der Waals surface area contributed by atoms with Crippen LogP contribution in [0.4, 0.5) is 4.39 Å². The molecule has 5 heteroatoms. The van der Waals surface area contributed by atoms with Crippen molar-refractivity contribution in [3.05, 3.63) is 33.4 Å². The lowest BCUT2D eigenvalue weighted by Gasteiger charge is -1.95. The van der Waals surface area contributed by atoms with Crippen molar-refractivity contribution in [2.75, 3.05) is 0 Å². The first-order chi connectivity index (χ1) is 6.59. The van der Waals surface area contributed by atoms with E-state index in [1.54, 1.807) is 6.07 Å². The van der Waals surface area contributed by atoms with Crippen LogP contribution >= 0.6 is 27.3 Å². The molecule has 1 aromatic carbocycles. The minimum atomic E-state index is -1.03. The van der Waals surface area contributed by atoms with Gasteiger partial charge in [-0.25, -0.2) is 9.18 Å². The van der Waals surface area contributed by atoms with Crippen LogP contribution in [0.5, 0.6) is 0 Å². The van der Waals surface area contributed by atoms with E-state index in [1.165, 1.54) is 11.4 Å². The summed E-state index contributed by atoms with van der Waals surface area (Å²) in [5, 5.41) is 10.7. The van der Waals surface area contributed by atoms with Crippen molar-refractivity contribution in [1.29, 1.82) is 0 Å². The van der Waals surface area contributed by atoms with Gasteiger partial charge in [0, 0.05) is 15.2 Å². The number of halogens is 2. The molecule has 0 atom stereocenters. The Hall–Kier alpha value is -0.940. The van der Waals surface area contributed by atoms with Crippen LogP contribution in [0, 0.1) is 5.82 Å². The fraction of sp³-hybridized carbons (Fsp3) is 0. The molecular formula is C9H4BrFO2S.